The summed E-state index contributed by atoms with van der Waals surface area (Å²) < 4.78 is 5.22. The van der Waals surface area contributed by atoms with E-state index in [9.17, 15) is 9.59 Å². The second-order valence-electron chi connectivity index (χ2n) is 5.53. The highest BCUT2D eigenvalue weighted by atomic mass is 16.6. The van der Waals surface area contributed by atoms with Crippen molar-refractivity contribution in [2.75, 3.05) is 0 Å². The zero-order valence-corrected chi connectivity index (χ0v) is 11.1. The Bertz CT molecular complexity index is 514. The van der Waals surface area contributed by atoms with Crippen LogP contribution in [0.15, 0.2) is 18.2 Å². The number of rotatable bonds is 0. The standard InChI is InChI=1S/C14H17NO3/c1-9-5-6-10-8-15(12(16)11(10)7-9)13(17)18-14(2,3)4/h5-7H,8H2,1-4H3. The van der Waals surface area contributed by atoms with Crippen LogP contribution in [0, 0.1) is 6.92 Å². The number of imide groups is 1. The molecule has 18 heavy (non-hydrogen) atoms. The number of amides is 2. The Hall–Kier alpha value is -1.84. The summed E-state index contributed by atoms with van der Waals surface area (Å²) in [6, 6.07) is 5.62. The Morgan fingerprint density at radius 2 is 2.00 bits per heavy atom. The lowest BCUT2D eigenvalue weighted by atomic mass is 10.1. The van der Waals surface area contributed by atoms with Gasteiger partial charge in [-0.3, -0.25) is 4.79 Å². The topological polar surface area (TPSA) is 46.6 Å². The van der Waals surface area contributed by atoms with Crippen molar-refractivity contribution in [1.29, 1.82) is 0 Å². The zero-order valence-electron chi connectivity index (χ0n) is 11.1. The molecule has 0 saturated carbocycles. The SMILES string of the molecule is Cc1ccc2c(c1)C(=O)N(C(=O)OC(C)(C)C)C2. The lowest BCUT2D eigenvalue weighted by Gasteiger charge is -2.23. The largest absolute Gasteiger partial charge is 0.443 e. The van der Waals surface area contributed by atoms with Gasteiger partial charge in [-0.2, -0.15) is 0 Å². The van der Waals surface area contributed by atoms with Gasteiger partial charge in [0, 0.05) is 5.56 Å². The van der Waals surface area contributed by atoms with Gasteiger partial charge in [0.2, 0.25) is 0 Å². The van der Waals surface area contributed by atoms with Crippen molar-refractivity contribution >= 4 is 12.0 Å². The minimum atomic E-state index is -0.595. The highest BCUT2D eigenvalue weighted by molar-refractivity contribution is 6.06. The molecule has 1 aliphatic rings. The van der Waals surface area contributed by atoms with Gasteiger partial charge in [-0.05, 0) is 39.3 Å². The molecular formula is C14H17NO3. The third kappa shape index (κ3) is 2.37. The molecule has 0 radical (unpaired) electrons. The molecule has 4 heteroatoms. The van der Waals surface area contributed by atoms with E-state index in [-0.39, 0.29) is 5.91 Å². The average molecular weight is 247 g/mol. The van der Waals surface area contributed by atoms with Crippen LogP contribution in [0.2, 0.25) is 0 Å². The summed E-state index contributed by atoms with van der Waals surface area (Å²) in [4.78, 5) is 25.2. The second-order valence-corrected chi connectivity index (χ2v) is 5.53. The molecule has 2 amide bonds. The summed E-state index contributed by atoms with van der Waals surface area (Å²) >= 11 is 0. The van der Waals surface area contributed by atoms with Crippen molar-refractivity contribution in [3.05, 3.63) is 34.9 Å². The predicted octanol–water partition coefficient (Wildman–Crippen LogP) is 2.89. The van der Waals surface area contributed by atoms with E-state index in [0.29, 0.717) is 12.1 Å². The summed E-state index contributed by atoms with van der Waals surface area (Å²) in [6.45, 7) is 7.56. The Balaban J connectivity index is 2.21. The van der Waals surface area contributed by atoms with Crippen LogP contribution < -0.4 is 0 Å². The maximum absolute atomic E-state index is 12.1. The molecule has 0 fully saturated rings. The van der Waals surface area contributed by atoms with E-state index in [2.05, 4.69) is 0 Å². The van der Waals surface area contributed by atoms with Gasteiger partial charge in [0.05, 0.1) is 6.54 Å². The molecule has 0 saturated heterocycles. The molecule has 0 atom stereocenters. The Morgan fingerprint density at radius 3 is 2.61 bits per heavy atom. The van der Waals surface area contributed by atoms with Gasteiger partial charge in [-0.1, -0.05) is 17.7 Å². The number of carbonyl (C=O) groups is 2. The lowest BCUT2D eigenvalue weighted by Crippen LogP contribution is -2.36. The molecule has 0 unspecified atom stereocenters. The fourth-order valence-corrected chi connectivity index (χ4v) is 1.88. The first kappa shape index (κ1) is 12.6. The van der Waals surface area contributed by atoms with Crippen LogP contribution in [-0.4, -0.2) is 22.5 Å². The van der Waals surface area contributed by atoms with Gasteiger partial charge in [0.15, 0.2) is 0 Å². The first-order valence-corrected chi connectivity index (χ1v) is 5.92. The zero-order chi connectivity index (χ0) is 13.5. The molecule has 0 bridgehead atoms. The molecule has 2 rings (SSSR count). The Kier molecular flexibility index (Phi) is 2.89. The van der Waals surface area contributed by atoms with Crippen molar-refractivity contribution in [3.63, 3.8) is 0 Å². The normalized spacial score (nSPS) is 14.7. The monoisotopic (exact) mass is 247 g/mol. The number of hydrogen-bond donors (Lipinski definition) is 0. The van der Waals surface area contributed by atoms with Gasteiger partial charge in [-0.15, -0.1) is 0 Å². The smallest absolute Gasteiger partial charge is 0.417 e. The van der Waals surface area contributed by atoms with Gasteiger partial charge in [-0.25, -0.2) is 9.69 Å². The van der Waals surface area contributed by atoms with E-state index < -0.39 is 11.7 Å². The number of fused-ring (bicyclic) bond motifs is 1. The van der Waals surface area contributed by atoms with Crippen LogP contribution >= 0.6 is 0 Å². The second kappa shape index (κ2) is 4.12. The maximum Gasteiger partial charge on any atom is 0.417 e. The molecule has 1 aromatic rings. The van der Waals surface area contributed by atoms with Crippen molar-refractivity contribution < 1.29 is 14.3 Å². The highest BCUT2D eigenvalue weighted by Crippen LogP contribution is 2.25. The minimum Gasteiger partial charge on any atom is -0.443 e. The van der Waals surface area contributed by atoms with Crippen LogP contribution in [0.5, 0.6) is 0 Å². The van der Waals surface area contributed by atoms with Gasteiger partial charge in [0.1, 0.15) is 5.60 Å². The van der Waals surface area contributed by atoms with Gasteiger partial charge >= 0.3 is 6.09 Å². The molecule has 0 N–H and O–H groups in total. The molecule has 96 valence electrons. The fourth-order valence-electron chi connectivity index (χ4n) is 1.88. The number of hydrogen-bond acceptors (Lipinski definition) is 3. The quantitative estimate of drug-likeness (QED) is 0.708. The summed E-state index contributed by atoms with van der Waals surface area (Å²) in [6.07, 6.45) is -0.582. The van der Waals surface area contributed by atoms with Crippen molar-refractivity contribution in [3.8, 4) is 0 Å². The van der Waals surface area contributed by atoms with E-state index >= 15 is 0 Å². The molecule has 1 heterocycles. The maximum atomic E-state index is 12.1. The molecule has 1 aromatic carbocycles. The lowest BCUT2D eigenvalue weighted by molar-refractivity contribution is 0.0248. The Morgan fingerprint density at radius 1 is 1.33 bits per heavy atom. The predicted molar refractivity (Wildman–Crippen MR) is 67.3 cm³/mol. The third-order valence-corrected chi connectivity index (χ3v) is 2.68. The molecule has 0 aromatic heterocycles. The van der Waals surface area contributed by atoms with Crippen molar-refractivity contribution in [2.24, 2.45) is 0 Å². The van der Waals surface area contributed by atoms with Crippen LogP contribution in [0.3, 0.4) is 0 Å². The number of benzene rings is 1. The molecule has 4 nitrogen and oxygen atoms in total. The summed E-state index contributed by atoms with van der Waals surface area (Å²) in [5, 5.41) is 0. The van der Waals surface area contributed by atoms with Crippen LogP contribution in [0.25, 0.3) is 0 Å². The molecule has 0 aliphatic carbocycles. The van der Waals surface area contributed by atoms with E-state index in [1.807, 2.05) is 25.1 Å². The highest BCUT2D eigenvalue weighted by Gasteiger charge is 2.34. The van der Waals surface area contributed by atoms with E-state index in [0.717, 1.165) is 16.0 Å². The number of ether oxygens (including phenoxy) is 1. The van der Waals surface area contributed by atoms with Gasteiger partial charge in [0.25, 0.3) is 5.91 Å². The number of nitrogens with zero attached hydrogens (tertiary/aromatic N) is 1. The summed E-state index contributed by atoms with van der Waals surface area (Å²) in [5.74, 6) is -0.275. The van der Waals surface area contributed by atoms with Crippen molar-refractivity contribution in [2.45, 2.75) is 39.8 Å². The van der Waals surface area contributed by atoms with Crippen molar-refractivity contribution in [1.82, 2.24) is 4.90 Å². The minimum absolute atomic E-state index is 0.275. The van der Waals surface area contributed by atoms with Crippen LogP contribution in [0.4, 0.5) is 4.79 Å². The van der Waals surface area contributed by atoms with Gasteiger partial charge < -0.3 is 4.74 Å². The number of aryl methyl sites for hydroxylation is 1. The number of carbonyl (C=O) groups excluding carboxylic acids is 2. The van der Waals surface area contributed by atoms with E-state index in [4.69, 9.17) is 4.74 Å². The first-order valence-electron chi connectivity index (χ1n) is 5.92. The fraction of sp³-hybridized carbons (Fsp3) is 0.429. The van der Waals surface area contributed by atoms with E-state index in [1.165, 1.54) is 0 Å². The first-order chi connectivity index (χ1) is 8.28. The summed E-state index contributed by atoms with van der Waals surface area (Å²) in [7, 11) is 0. The third-order valence-electron chi connectivity index (χ3n) is 2.68. The molecule has 0 spiro atoms. The average Bonchev–Trinajstić information content (AvgIpc) is 2.54. The van der Waals surface area contributed by atoms with Crippen LogP contribution in [0.1, 0.15) is 42.3 Å². The summed E-state index contributed by atoms with van der Waals surface area (Å²) in [5.41, 5.74) is 1.88. The Labute approximate surface area is 107 Å². The van der Waals surface area contributed by atoms with E-state index in [1.54, 1.807) is 20.8 Å². The molecular weight excluding hydrogens is 230 g/mol. The molecule has 1 aliphatic heterocycles. The van der Waals surface area contributed by atoms with Crippen LogP contribution in [-0.2, 0) is 11.3 Å².